The molecule has 5 nitrogen and oxygen atoms in total. The average molecular weight is 337 g/mol. The van der Waals surface area contributed by atoms with Crippen LogP contribution in [0, 0.1) is 16.7 Å². The molecule has 5 heteroatoms. The van der Waals surface area contributed by atoms with Gasteiger partial charge in [-0.3, -0.25) is 0 Å². The van der Waals surface area contributed by atoms with Crippen molar-refractivity contribution >= 4 is 5.82 Å². The van der Waals surface area contributed by atoms with E-state index in [2.05, 4.69) is 66.8 Å². The van der Waals surface area contributed by atoms with E-state index < -0.39 is 0 Å². The standard InChI is InChI=1S/C20H27N5/c1-15(11-21)17-7-5-16(6-8-17)13-25(14-20(2,3)4)19-9-10-23-18(12-22)24-19/h5-10,15H,11,13-14,21H2,1-4H3. The molecule has 2 aromatic rings. The van der Waals surface area contributed by atoms with Gasteiger partial charge in [0.2, 0.25) is 5.82 Å². The predicted octanol–water partition coefficient (Wildman–Crippen LogP) is 3.46. The summed E-state index contributed by atoms with van der Waals surface area (Å²) in [6.07, 6.45) is 1.64. The van der Waals surface area contributed by atoms with E-state index in [1.807, 2.05) is 12.1 Å². The van der Waals surface area contributed by atoms with Crippen LogP contribution in [-0.4, -0.2) is 23.1 Å². The maximum atomic E-state index is 9.07. The molecule has 132 valence electrons. The van der Waals surface area contributed by atoms with Crippen LogP contribution in [0.5, 0.6) is 0 Å². The highest BCUT2D eigenvalue weighted by molar-refractivity contribution is 5.41. The fourth-order valence-corrected chi connectivity index (χ4v) is 2.68. The molecule has 0 saturated carbocycles. The lowest BCUT2D eigenvalue weighted by molar-refractivity contribution is 0.407. The number of anilines is 1. The molecule has 1 heterocycles. The molecule has 0 aliphatic heterocycles. The van der Waals surface area contributed by atoms with Crippen LogP contribution in [0.3, 0.4) is 0 Å². The molecule has 0 aliphatic carbocycles. The molecule has 1 unspecified atom stereocenters. The van der Waals surface area contributed by atoms with E-state index in [9.17, 15) is 0 Å². The van der Waals surface area contributed by atoms with Crippen LogP contribution in [0.1, 0.15) is 50.6 Å². The van der Waals surface area contributed by atoms with Crippen LogP contribution >= 0.6 is 0 Å². The largest absolute Gasteiger partial charge is 0.352 e. The lowest BCUT2D eigenvalue weighted by Crippen LogP contribution is -2.33. The van der Waals surface area contributed by atoms with E-state index in [0.29, 0.717) is 12.5 Å². The van der Waals surface area contributed by atoms with Gasteiger partial charge in [-0.05, 0) is 35.1 Å². The van der Waals surface area contributed by atoms with E-state index in [-0.39, 0.29) is 11.2 Å². The number of hydrogen-bond acceptors (Lipinski definition) is 5. The van der Waals surface area contributed by atoms with Gasteiger partial charge in [-0.1, -0.05) is 52.0 Å². The van der Waals surface area contributed by atoms with Crippen LogP contribution in [0.15, 0.2) is 36.5 Å². The summed E-state index contributed by atoms with van der Waals surface area (Å²) >= 11 is 0. The zero-order chi connectivity index (χ0) is 18.4. The van der Waals surface area contributed by atoms with E-state index in [4.69, 9.17) is 11.0 Å². The minimum absolute atomic E-state index is 0.103. The highest BCUT2D eigenvalue weighted by Gasteiger charge is 2.19. The van der Waals surface area contributed by atoms with Gasteiger partial charge in [0.25, 0.3) is 0 Å². The summed E-state index contributed by atoms with van der Waals surface area (Å²) in [6.45, 7) is 10.9. The number of rotatable bonds is 6. The average Bonchev–Trinajstić information content (AvgIpc) is 2.60. The molecule has 2 N–H and O–H groups in total. The third-order valence-corrected chi connectivity index (χ3v) is 4.01. The van der Waals surface area contributed by atoms with E-state index >= 15 is 0 Å². The molecule has 1 aromatic heterocycles. The van der Waals surface area contributed by atoms with Crippen molar-refractivity contribution in [2.45, 2.75) is 40.2 Å². The topological polar surface area (TPSA) is 78.8 Å². The minimum atomic E-state index is 0.103. The number of aromatic nitrogens is 2. The van der Waals surface area contributed by atoms with E-state index in [1.54, 1.807) is 6.20 Å². The van der Waals surface area contributed by atoms with Crippen molar-refractivity contribution in [3.63, 3.8) is 0 Å². The van der Waals surface area contributed by atoms with Crippen LogP contribution in [-0.2, 0) is 6.54 Å². The number of benzene rings is 1. The first-order valence-corrected chi connectivity index (χ1v) is 8.59. The van der Waals surface area contributed by atoms with Crippen LogP contribution < -0.4 is 10.6 Å². The first kappa shape index (κ1) is 18.9. The maximum Gasteiger partial charge on any atom is 0.234 e. The lowest BCUT2D eigenvalue weighted by Gasteiger charge is -2.31. The van der Waals surface area contributed by atoms with Crippen molar-refractivity contribution in [3.05, 3.63) is 53.5 Å². The van der Waals surface area contributed by atoms with Crippen molar-refractivity contribution < 1.29 is 0 Å². The van der Waals surface area contributed by atoms with E-state index in [1.165, 1.54) is 11.1 Å². The third kappa shape index (κ3) is 5.54. The van der Waals surface area contributed by atoms with Gasteiger partial charge in [0.1, 0.15) is 11.9 Å². The molecule has 0 spiro atoms. The Morgan fingerprint density at radius 3 is 2.44 bits per heavy atom. The fraction of sp³-hybridized carbons (Fsp3) is 0.450. The van der Waals surface area contributed by atoms with Crippen molar-refractivity contribution in [1.29, 1.82) is 5.26 Å². The van der Waals surface area contributed by atoms with Gasteiger partial charge < -0.3 is 10.6 Å². The Balaban J connectivity index is 2.25. The summed E-state index contributed by atoms with van der Waals surface area (Å²) in [5.74, 6) is 1.34. The molecule has 0 aliphatic rings. The van der Waals surface area contributed by atoms with Gasteiger partial charge in [-0.15, -0.1) is 0 Å². The Hall–Kier alpha value is -2.45. The molecular weight excluding hydrogens is 310 g/mol. The van der Waals surface area contributed by atoms with Gasteiger partial charge in [-0.2, -0.15) is 5.26 Å². The number of nitrogens with two attached hydrogens (primary N) is 1. The van der Waals surface area contributed by atoms with Crippen LogP contribution in [0.2, 0.25) is 0 Å². The number of nitrogens with zero attached hydrogens (tertiary/aromatic N) is 4. The Bertz CT molecular complexity index is 725. The summed E-state index contributed by atoms with van der Waals surface area (Å²) in [4.78, 5) is 10.5. The highest BCUT2D eigenvalue weighted by Crippen LogP contribution is 2.23. The SMILES string of the molecule is CC(CN)c1ccc(CN(CC(C)(C)C)c2ccnc(C#N)n2)cc1. The monoisotopic (exact) mass is 337 g/mol. The van der Waals surface area contributed by atoms with Crippen molar-refractivity contribution in [1.82, 2.24) is 9.97 Å². The first-order valence-electron chi connectivity index (χ1n) is 8.59. The van der Waals surface area contributed by atoms with Gasteiger partial charge in [0.05, 0.1) is 0 Å². The molecular formula is C20H27N5. The summed E-state index contributed by atoms with van der Waals surface area (Å²) in [5, 5.41) is 9.07. The molecule has 0 amide bonds. The molecule has 1 atom stereocenters. The van der Waals surface area contributed by atoms with Crippen LogP contribution in [0.4, 0.5) is 5.82 Å². The normalized spacial score (nSPS) is 12.5. The second-order valence-corrected chi connectivity index (χ2v) is 7.65. The molecule has 0 radical (unpaired) electrons. The molecule has 0 bridgehead atoms. The maximum absolute atomic E-state index is 9.07. The smallest absolute Gasteiger partial charge is 0.234 e. The second kappa shape index (κ2) is 8.09. The van der Waals surface area contributed by atoms with Gasteiger partial charge in [-0.25, -0.2) is 9.97 Å². The summed E-state index contributed by atoms with van der Waals surface area (Å²) in [7, 11) is 0. The van der Waals surface area contributed by atoms with Crippen molar-refractivity contribution in [2.24, 2.45) is 11.1 Å². The Kier molecular flexibility index (Phi) is 6.11. The Morgan fingerprint density at radius 1 is 1.20 bits per heavy atom. The zero-order valence-electron chi connectivity index (χ0n) is 15.5. The number of hydrogen-bond donors (Lipinski definition) is 1. The Labute approximate surface area is 150 Å². The van der Waals surface area contributed by atoms with Crippen molar-refractivity contribution in [3.8, 4) is 6.07 Å². The molecule has 2 rings (SSSR count). The fourth-order valence-electron chi connectivity index (χ4n) is 2.68. The molecule has 25 heavy (non-hydrogen) atoms. The summed E-state index contributed by atoms with van der Waals surface area (Å²) in [5.41, 5.74) is 8.31. The lowest BCUT2D eigenvalue weighted by atomic mass is 9.95. The summed E-state index contributed by atoms with van der Waals surface area (Å²) < 4.78 is 0. The summed E-state index contributed by atoms with van der Waals surface area (Å²) in [6, 6.07) is 12.4. The van der Waals surface area contributed by atoms with Crippen molar-refractivity contribution in [2.75, 3.05) is 18.0 Å². The molecule has 1 aromatic carbocycles. The molecule has 0 saturated heterocycles. The number of nitriles is 1. The minimum Gasteiger partial charge on any atom is -0.352 e. The first-order chi connectivity index (χ1) is 11.8. The molecule has 0 fully saturated rings. The van der Waals surface area contributed by atoms with Gasteiger partial charge in [0, 0.05) is 19.3 Å². The van der Waals surface area contributed by atoms with Gasteiger partial charge in [0.15, 0.2) is 0 Å². The second-order valence-electron chi connectivity index (χ2n) is 7.65. The van der Waals surface area contributed by atoms with Crippen LogP contribution in [0.25, 0.3) is 0 Å². The Morgan fingerprint density at radius 2 is 1.88 bits per heavy atom. The van der Waals surface area contributed by atoms with E-state index in [0.717, 1.165) is 18.9 Å². The quantitative estimate of drug-likeness (QED) is 0.873. The zero-order valence-corrected chi connectivity index (χ0v) is 15.5. The van der Waals surface area contributed by atoms with Gasteiger partial charge >= 0.3 is 0 Å². The highest BCUT2D eigenvalue weighted by atomic mass is 15.2. The third-order valence-electron chi connectivity index (χ3n) is 4.01. The predicted molar refractivity (Wildman–Crippen MR) is 101 cm³/mol.